The first-order chi connectivity index (χ1) is 11.5. The molecule has 0 aliphatic carbocycles. The van der Waals surface area contributed by atoms with Gasteiger partial charge in [0.25, 0.3) is 0 Å². The monoisotopic (exact) mass is 328 g/mol. The molecule has 2 fully saturated rings. The molecule has 0 bridgehead atoms. The normalized spacial score (nSPS) is 21.9. The minimum absolute atomic E-state index is 0.0628. The Balaban J connectivity index is 1.76. The Hall–Kier alpha value is -2.30. The molecule has 128 valence electrons. The van der Waals surface area contributed by atoms with Crippen LogP contribution in [0.25, 0.3) is 0 Å². The molecular formula is C19H24N2O3. The van der Waals surface area contributed by atoms with Crippen LogP contribution in [0.1, 0.15) is 38.7 Å². The Labute approximate surface area is 142 Å². The third-order valence-electron chi connectivity index (χ3n) is 4.80. The third kappa shape index (κ3) is 3.30. The topological polar surface area (TPSA) is 49.9 Å². The van der Waals surface area contributed by atoms with Crippen molar-refractivity contribution < 1.29 is 14.3 Å². The molecule has 5 nitrogen and oxygen atoms in total. The third-order valence-corrected chi connectivity index (χ3v) is 4.80. The lowest BCUT2D eigenvalue weighted by Gasteiger charge is -2.29. The Morgan fingerprint density at radius 1 is 1.17 bits per heavy atom. The maximum atomic E-state index is 12.5. The fraction of sp³-hybridized carbons (Fsp3) is 0.474. The van der Waals surface area contributed by atoms with Gasteiger partial charge in [0, 0.05) is 19.2 Å². The molecule has 2 amide bonds. The molecule has 2 saturated heterocycles. The molecule has 0 atom stereocenters. The van der Waals surface area contributed by atoms with Gasteiger partial charge in [0.15, 0.2) is 0 Å². The van der Waals surface area contributed by atoms with Crippen molar-refractivity contribution in [3.8, 4) is 0 Å². The van der Waals surface area contributed by atoms with Crippen LogP contribution in [0.5, 0.6) is 0 Å². The van der Waals surface area contributed by atoms with Crippen molar-refractivity contribution in [2.75, 3.05) is 13.1 Å². The van der Waals surface area contributed by atoms with Gasteiger partial charge in [-0.25, -0.2) is 4.79 Å². The van der Waals surface area contributed by atoms with E-state index in [0.717, 1.165) is 31.5 Å². The van der Waals surface area contributed by atoms with Crippen molar-refractivity contribution in [3.63, 3.8) is 0 Å². The number of amides is 2. The van der Waals surface area contributed by atoms with E-state index in [-0.39, 0.29) is 5.91 Å². The summed E-state index contributed by atoms with van der Waals surface area (Å²) in [5.74, 6) is 0.367. The van der Waals surface area contributed by atoms with E-state index in [4.69, 9.17) is 4.74 Å². The highest BCUT2D eigenvalue weighted by atomic mass is 16.6. The number of carbonyl (C=O) groups excluding carboxylic acids is 2. The average Bonchev–Trinajstić information content (AvgIpc) is 2.80. The van der Waals surface area contributed by atoms with Gasteiger partial charge in [0.05, 0.1) is 12.1 Å². The van der Waals surface area contributed by atoms with Gasteiger partial charge in [0.1, 0.15) is 5.76 Å². The minimum atomic E-state index is -0.641. The summed E-state index contributed by atoms with van der Waals surface area (Å²) < 4.78 is 5.42. The number of piperidine rings is 1. The lowest BCUT2D eigenvalue weighted by Crippen LogP contribution is -2.41. The second kappa shape index (κ2) is 6.67. The first-order valence-electron chi connectivity index (χ1n) is 8.53. The van der Waals surface area contributed by atoms with Gasteiger partial charge in [-0.15, -0.1) is 0 Å². The molecule has 0 spiro atoms. The van der Waals surface area contributed by atoms with Crippen molar-refractivity contribution in [2.24, 2.45) is 0 Å². The lowest BCUT2D eigenvalue weighted by molar-refractivity contribution is -0.127. The zero-order valence-electron chi connectivity index (χ0n) is 14.3. The number of likely N-dealkylation sites (tertiary alicyclic amines) is 1. The summed E-state index contributed by atoms with van der Waals surface area (Å²) in [6.07, 6.45) is 4.35. The average molecular weight is 328 g/mol. The van der Waals surface area contributed by atoms with Crippen molar-refractivity contribution >= 4 is 12.0 Å². The van der Waals surface area contributed by atoms with Crippen molar-refractivity contribution in [1.82, 2.24) is 9.80 Å². The molecule has 0 unspecified atom stereocenters. The van der Waals surface area contributed by atoms with Crippen LogP contribution in [0.2, 0.25) is 0 Å². The Morgan fingerprint density at radius 3 is 2.50 bits per heavy atom. The number of hydrogen-bond donors (Lipinski definition) is 0. The van der Waals surface area contributed by atoms with E-state index in [9.17, 15) is 9.59 Å². The molecule has 2 aliphatic rings. The van der Waals surface area contributed by atoms with E-state index in [2.05, 4.69) is 0 Å². The highest BCUT2D eigenvalue weighted by molar-refractivity contribution is 5.89. The summed E-state index contributed by atoms with van der Waals surface area (Å²) in [5, 5.41) is 0. The Morgan fingerprint density at radius 2 is 1.83 bits per heavy atom. The van der Waals surface area contributed by atoms with Crippen molar-refractivity contribution in [3.05, 3.63) is 47.7 Å². The predicted octanol–water partition coefficient (Wildman–Crippen LogP) is 3.31. The first kappa shape index (κ1) is 16.6. The zero-order valence-corrected chi connectivity index (χ0v) is 14.3. The molecule has 0 N–H and O–H groups in total. The predicted molar refractivity (Wildman–Crippen MR) is 91.1 cm³/mol. The largest absolute Gasteiger partial charge is 0.416 e. The maximum absolute atomic E-state index is 12.5. The second-order valence-corrected chi connectivity index (χ2v) is 6.89. The second-order valence-electron chi connectivity index (χ2n) is 6.89. The van der Waals surface area contributed by atoms with E-state index in [1.807, 2.05) is 49.1 Å². The molecule has 1 aromatic carbocycles. The standard InChI is InChI=1S/C19H24N2O3/c1-19(2)16(13-17(22)20-11-7-4-8-12-20)24-18(23)21(19)14-15-9-5-3-6-10-15/h3,5-6,9-10,13H,4,7-8,11-12,14H2,1-2H3/b16-13+. The summed E-state index contributed by atoms with van der Waals surface area (Å²) >= 11 is 0. The van der Waals surface area contributed by atoms with Gasteiger partial charge in [-0.1, -0.05) is 30.3 Å². The van der Waals surface area contributed by atoms with Crippen LogP contribution in [0, 0.1) is 0 Å². The molecule has 24 heavy (non-hydrogen) atoms. The molecule has 2 heterocycles. The van der Waals surface area contributed by atoms with Crippen LogP contribution >= 0.6 is 0 Å². The van der Waals surface area contributed by atoms with Crippen LogP contribution in [0.15, 0.2) is 42.2 Å². The van der Waals surface area contributed by atoms with Crippen LogP contribution in [-0.4, -0.2) is 40.4 Å². The summed E-state index contributed by atoms with van der Waals surface area (Å²) in [4.78, 5) is 28.3. The summed E-state index contributed by atoms with van der Waals surface area (Å²) in [6.45, 7) is 5.85. The summed E-state index contributed by atoms with van der Waals surface area (Å²) in [6, 6.07) is 9.79. The fourth-order valence-electron chi connectivity index (χ4n) is 3.19. The highest BCUT2D eigenvalue weighted by Gasteiger charge is 2.45. The molecule has 1 aromatic rings. The first-order valence-corrected chi connectivity index (χ1v) is 8.53. The van der Waals surface area contributed by atoms with E-state index in [1.54, 1.807) is 4.90 Å². The number of cyclic esters (lactones) is 1. The highest BCUT2D eigenvalue weighted by Crippen LogP contribution is 2.34. The van der Waals surface area contributed by atoms with Crippen LogP contribution in [0.3, 0.4) is 0 Å². The van der Waals surface area contributed by atoms with Gasteiger partial charge in [-0.3, -0.25) is 9.69 Å². The summed E-state index contributed by atoms with van der Waals surface area (Å²) in [5.41, 5.74) is 0.393. The maximum Gasteiger partial charge on any atom is 0.416 e. The smallest absolute Gasteiger partial charge is 0.412 e. The quantitative estimate of drug-likeness (QED) is 0.800. The number of benzene rings is 1. The molecule has 0 aromatic heterocycles. The number of rotatable bonds is 3. The summed E-state index contributed by atoms with van der Waals surface area (Å²) in [7, 11) is 0. The van der Waals surface area contributed by atoms with Crippen LogP contribution in [0.4, 0.5) is 4.79 Å². The molecular weight excluding hydrogens is 304 g/mol. The van der Waals surface area contributed by atoms with Crippen molar-refractivity contribution in [2.45, 2.75) is 45.2 Å². The minimum Gasteiger partial charge on any atom is -0.412 e. The number of carbonyl (C=O) groups is 2. The van der Waals surface area contributed by atoms with Gasteiger partial charge < -0.3 is 9.64 Å². The van der Waals surface area contributed by atoms with Gasteiger partial charge in [-0.2, -0.15) is 0 Å². The number of hydrogen-bond acceptors (Lipinski definition) is 3. The Kier molecular flexibility index (Phi) is 4.60. The molecule has 2 aliphatic heterocycles. The van der Waals surface area contributed by atoms with E-state index in [1.165, 1.54) is 12.5 Å². The van der Waals surface area contributed by atoms with Crippen LogP contribution < -0.4 is 0 Å². The van der Waals surface area contributed by atoms with Gasteiger partial charge in [-0.05, 0) is 38.7 Å². The van der Waals surface area contributed by atoms with E-state index >= 15 is 0 Å². The Bertz CT molecular complexity index is 646. The lowest BCUT2D eigenvalue weighted by atomic mass is 9.99. The van der Waals surface area contributed by atoms with E-state index in [0.29, 0.717) is 12.3 Å². The van der Waals surface area contributed by atoms with Gasteiger partial charge >= 0.3 is 6.09 Å². The number of nitrogens with zero attached hydrogens (tertiary/aromatic N) is 2. The zero-order chi connectivity index (χ0) is 17.2. The van der Waals surface area contributed by atoms with Gasteiger partial charge in [0.2, 0.25) is 5.91 Å². The van der Waals surface area contributed by atoms with Crippen molar-refractivity contribution in [1.29, 1.82) is 0 Å². The molecule has 0 saturated carbocycles. The molecule has 5 heteroatoms. The number of ether oxygens (including phenoxy) is 1. The SMILES string of the molecule is CC1(C)/C(=C\C(=O)N2CCCCC2)OC(=O)N1Cc1ccccc1. The fourth-order valence-corrected chi connectivity index (χ4v) is 3.19. The van der Waals surface area contributed by atoms with E-state index < -0.39 is 11.6 Å². The molecule has 0 radical (unpaired) electrons. The van der Waals surface area contributed by atoms with Crippen LogP contribution in [-0.2, 0) is 16.1 Å². The molecule has 3 rings (SSSR count).